The molecular weight excluding hydrogens is 583 g/mol. The Labute approximate surface area is 279 Å². The molecule has 0 atom stereocenters. The molecule has 0 fully saturated rings. The van der Waals surface area contributed by atoms with Crippen LogP contribution in [0.2, 0.25) is 0 Å². The van der Waals surface area contributed by atoms with Crippen LogP contribution in [0.15, 0.2) is 176 Å². The third-order valence-electron chi connectivity index (χ3n) is 10.1. The highest BCUT2D eigenvalue weighted by Crippen LogP contribution is 2.60. The fourth-order valence-electron chi connectivity index (χ4n) is 8.18. The first-order valence-electron chi connectivity index (χ1n) is 16.4. The topological polar surface area (TPSA) is 29.0 Å². The SMILES string of the molecule is c1ccc(-c2ccnc(N3c4cc5c(cc4-c4cccc6cccc3c46)-c3ccccc3C5(c3ccccc3)c3ccccc3)n2)cc1. The maximum Gasteiger partial charge on any atom is 0.235 e. The summed E-state index contributed by atoms with van der Waals surface area (Å²) in [5.74, 6) is 0.653. The molecule has 0 bridgehead atoms. The van der Waals surface area contributed by atoms with Gasteiger partial charge in [-0.15, -0.1) is 0 Å². The summed E-state index contributed by atoms with van der Waals surface area (Å²) in [6, 6.07) is 61.3. The number of anilines is 3. The molecule has 0 unspecified atom stereocenters. The average molecular weight is 612 g/mol. The van der Waals surface area contributed by atoms with Crippen molar-refractivity contribution < 1.29 is 0 Å². The van der Waals surface area contributed by atoms with Gasteiger partial charge >= 0.3 is 0 Å². The summed E-state index contributed by atoms with van der Waals surface area (Å²) >= 11 is 0. The molecule has 0 saturated heterocycles. The minimum Gasteiger partial charge on any atom is -0.278 e. The van der Waals surface area contributed by atoms with E-state index in [4.69, 9.17) is 9.97 Å². The lowest BCUT2D eigenvalue weighted by Gasteiger charge is -2.36. The Morgan fingerprint density at radius 2 is 1.10 bits per heavy atom. The van der Waals surface area contributed by atoms with Gasteiger partial charge in [-0.25, -0.2) is 9.97 Å². The van der Waals surface area contributed by atoms with Gasteiger partial charge in [-0.1, -0.05) is 146 Å². The van der Waals surface area contributed by atoms with Crippen molar-refractivity contribution in [2.75, 3.05) is 4.90 Å². The second-order valence-electron chi connectivity index (χ2n) is 12.6. The van der Waals surface area contributed by atoms with Crippen LogP contribution >= 0.6 is 0 Å². The van der Waals surface area contributed by atoms with Crippen LogP contribution in [0.3, 0.4) is 0 Å². The van der Waals surface area contributed by atoms with E-state index < -0.39 is 5.41 Å². The Balaban J connectivity index is 1.33. The van der Waals surface area contributed by atoms with E-state index >= 15 is 0 Å². The lowest BCUT2D eigenvalue weighted by Crippen LogP contribution is -2.29. The van der Waals surface area contributed by atoms with Crippen molar-refractivity contribution in [2.45, 2.75) is 5.41 Å². The van der Waals surface area contributed by atoms with Crippen molar-refractivity contribution in [1.29, 1.82) is 0 Å². The van der Waals surface area contributed by atoms with Crippen LogP contribution in [0.5, 0.6) is 0 Å². The highest BCUT2D eigenvalue weighted by Gasteiger charge is 2.47. The van der Waals surface area contributed by atoms with Crippen molar-refractivity contribution in [1.82, 2.24) is 9.97 Å². The van der Waals surface area contributed by atoms with Gasteiger partial charge in [-0.05, 0) is 68.6 Å². The van der Waals surface area contributed by atoms with Crippen LogP contribution in [-0.4, -0.2) is 9.97 Å². The summed E-state index contributed by atoms with van der Waals surface area (Å²) in [6.07, 6.45) is 1.88. The van der Waals surface area contributed by atoms with Gasteiger partial charge in [0, 0.05) is 22.7 Å². The Morgan fingerprint density at radius 3 is 1.85 bits per heavy atom. The Hall–Kier alpha value is -6.32. The minimum absolute atomic E-state index is 0.509. The Morgan fingerprint density at radius 1 is 0.458 bits per heavy atom. The number of rotatable bonds is 4. The van der Waals surface area contributed by atoms with Crippen molar-refractivity contribution >= 4 is 28.1 Å². The van der Waals surface area contributed by atoms with Crippen molar-refractivity contribution in [2.24, 2.45) is 0 Å². The minimum atomic E-state index is -0.509. The number of benzene rings is 7. The van der Waals surface area contributed by atoms with Gasteiger partial charge in [0.25, 0.3) is 0 Å². The molecule has 224 valence electrons. The van der Waals surface area contributed by atoms with E-state index in [9.17, 15) is 0 Å². The summed E-state index contributed by atoms with van der Waals surface area (Å²) in [7, 11) is 0. The van der Waals surface area contributed by atoms with E-state index in [1.807, 2.05) is 18.3 Å². The molecule has 3 nitrogen and oxygen atoms in total. The van der Waals surface area contributed by atoms with Gasteiger partial charge in [0.1, 0.15) is 0 Å². The molecule has 8 aromatic rings. The van der Waals surface area contributed by atoms with E-state index in [0.29, 0.717) is 5.95 Å². The molecule has 1 aliphatic carbocycles. The molecule has 2 heterocycles. The van der Waals surface area contributed by atoms with Crippen LogP contribution in [0, 0.1) is 0 Å². The molecule has 3 heteroatoms. The van der Waals surface area contributed by atoms with E-state index in [0.717, 1.165) is 22.6 Å². The molecule has 10 rings (SSSR count). The summed E-state index contributed by atoms with van der Waals surface area (Å²) in [4.78, 5) is 12.5. The third kappa shape index (κ3) is 3.70. The fourth-order valence-corrected chi connectivity index (χ4v) is 8.18. The molecule has 0 N–H and O–H groups in total. The van der Waals surface area contributed by atoms with Crippen molar-refractivity contribution in [3.05, 3.63) is 198 Å². The maximum atomic E-state index is 5.23. The maximum absolute atomic E-state index is 5.23. The monoisotopic (exact) mass is 611 g/mol. The third-order valence-corrected chi connectivity index (χ3v) is 10.1. The number of fused-ring (bicyclic) bond motifs is 5. The molecule has 1 aromatic heterocycles. The van der Waals surface area contributed by atoms with Gasteiger partial charge in [0.2, 0.25) is 5.95 Å². The lowest BCUT2D eigenvalue weighted by molar-refractivity contribution is 0.768. The smallest absolute Gasteiger partial charge is 0.235 e. The van der Waals surface area contributed by atoms with Crippen molar-refractivity contribution in [3.63, 3.8) is 0 Å². The van der Waals surface area contributed by atoms with Gasteiger partial charge in [-0.2, -0.15) is 0 Å². The summed E-state index contributed by atoms with van der Waals surface area (Å²) in [5, 5.41) is 2.41. The second-order valence-corrected chi connectivity index (χ2v) is 12.6. The molecule has 48 heavy (non-hydrogen) atoms. The zero-order valence-corrected chi connectivity index (χ0v) is 26.1. The number of hydrogen-bond acceptors (Lipinski definition) is 3. The average Bonchev–Trinajstić information content (AvgIpc) is 3.45. The number of hydrogen-bond donors (Lipinski definition) is 0. The highest BCUT2D eigenvalue weighted by molar-refractivity contribution is 6.14. The zero-order chi connectivity index (χ0) is 31.7. The first-order chi connectivity index (χ1) is 23.8. The number of nitrogens with zero attached hydrogens (tertiary/aromatic N) is 3. The summed E-state index contributed by atoms with van der Waals surface area (Å²) < 4.78 is 0. The molecule has 0 radical (unpaired) electrons. The van der Waals surface area contributed by atoms with Crippen LogP contribution in [0.4, 0.5) is 17.3 Å². The molecule has 7 aromatic carbocycles. The lowest BCUT2D eigenvalue weighted by atomic mass is 9.67. The first-order valence-corrected chi connectivity index (χ1v) is 16.4. The van der Waals surface area contributed by atoms with E-state index in [2.05, 4.69) is 163 Å². The zero-order valence-electron chi connectivity index (χ0n) is 26.1. The normalized spacial score (nSPS) is 13.5. The quantitative estimate of drug-likeness (QED) is 0.198. The first kappa shape index (κ1) is 26.9. The standard InChI is InChI=1S/C45H29N3/c1-4-14-30(15-5-1)40-26-27-46-44(47-40)48-41-25-13-17-31-16-12-23-35(43(31)41)37-28-36-34-22-10-11-24-38(34)45(39(36)29-42(37)48,32-18-6-2-7-19-32)33-20-8-3-9-21-33/h1-29H. The van der Waals surface area contributed by atoms with Gasteiger partial charge < -0.3 is 0 Å². The Bertz CT molecular complexity index is 2460. The predicted octanol–water partition coefficient (Wildman–Crippen LogP) is 11.1. The van der Waals surface area contributed by atoms with Crippen LogP contribution in [0.1, 0.15) is 22.3 Å². The molecule has 0 saturated carbocycles. The second kappa shape index (κ2) is 10.3. The molecular formula is C45H29N3. The van der Waals surface area contributed by atoms with Gasteiger partial charge in [0.15, 0.2) is 0 Å². The van der Waals surface area contributed by atoms with E-state index in [1.165, 1.54) is 55.3 Å². The summed E-state index contributed by atoms with van der Waals surface area (Å²) in [5.41, 5.74) is 13.6. The van der Waals surface area contributed by atoms with Gasteiger partial charge in [-0.3, -0.25) is 4.90 Å². The van der Waals surface area contributed by atoms with Crippen LogP contribution in [-0.2, 0) is 5.41 Å². The van der Waals surface area contributed by atoms with Gasteiger partial charge in [0.05, 0.1) is 22.5 Å². The molecule has 1 aliphatic heterocycles. The fraction of sp³-hybridized carbons (Fsp3) is 0.0222. The summed E-state index contributed by atoms with van der Waals surface area (Å²) in [6.45, 7) is 0. The largest absolute Gasteiger partial charge is 0.278 e. The molecule has 0 spiro atoms. The van der Waals surface area contributed by atoms with E-state index in [1.54, 1.807) is 0 Å². The number of aromatic nitrogens is 2. The highest BCUT2D eigenvalue weighted by atomic mass is 15.3. The molecule has 2 aliphatic rings. The predicted molar refractivity (Wildman–Crippen MR) is 196 cm³/mol. The van der Waals surface area contributed by atoms with Crippen LogP contribution in [0.25, 0.3) is 44.3 Å². The Kier molecular flexibility index (Phi) is 5.79. The van der Waals surface area contributed by atoms with Crippen LogP contribution < -0.4 is 4.90 Å². The van der Waals surface area contributed by atoms with E-state index in [-0.39, 0.29) is 0 Å². The van der Waals surface area contributed by atoms with Crippen molar-refractivity contribution in [3.8, 4) is 33.5 Å². The molecule has 0 amide bonds.